The number of benzene rings is 1. The molecule has 0 saturated carbocycles. The summed E-state index contributed by atoms with van der Waals surface area (Å²) in [6, 6.07) is 5.41. The van der Waals surface area contributed by atoms with Crippen LogP contribution in [-0.2, 0) is 20.4 Å². The van der Waals surface area contributed by atoms with Gasteiger partial charge in [-0.1, -0.05) is 12.1 Å². The van der Waals surface area contributed by atoms with Crippen molar-refractivity contribution in [1.82, 2.24) is 4.90 Å². The SMILES string of the molecule is CS(=O)(=O)Cc1ccc(C(=O)N2CSC[C@H]2C(=O)O)cc1. The molecule has 8 heteroatoms. The fourth-order valence-corrected chi connectivity index (χ4v) is 4.00. The minimum atomic E-state index is -3.12. The second-order valence-corrected chi connectivity index (χ2v) is 8.04. The number of hydrogen-bond donors (Lipinski definition) is 1. The maximum atomic E-state index is 12.3. The maximum absolute atomic E-state index is 12.3. The van der Waals surface area contributed by atoms with E-state index in [9.17, 15) is 18.0 Å². The molecule has 0 unspecified atom stereocenters. The molecule has 114 valence electrons. The average Bonchev–Trinajstić information content (AvgIpc) is 2.86. The summed E-state index contributed by atoms with van der Waals surface area (Å²) in [7, 11) is -3.12. The van der Waals surface area contributed by atoms with Gasteiger partial charge in [-0.05, 0) is 17.7 Å². The van der Waals surface area contributed by atoms with E-state index in [-0.39, 0.29) is 11.7 Å². The second-order valence-electron chi connectivity index (χ2n) is 4.90. The van der Waals surface area contributed by atoms with Gasteiger partial charge < -0.3 is 10.0 Å². The number of carboxylic acid groups (broad SMARTS) is 1. The monoisotopic (exact) mass is 329 g/mol. The third kappa shape index (κ3) is 3.98. The quantitative estimate of drug-likeness (QED) is 0.880. The van der Waals surface area contributed by atoms with Gasteiger partial charge in [0.25, 0.3) is 5.91 Å². The minimum absolute atomic E-state index is 0.0845. The first kappa shape index (κ1) is 15.8. The van der Waals surface area contributed by atoms with Crippen LogP contribution < -0.4 is 0 Å². The van der Waals surface area contributed by atoms with Crippen molar-refractivity contribution in [3.8, 4) is 0 Å². The number of amides is 1. The normalized spacial score (nSPS) is 18.7. The van der Waals surface area contributed by atoms with Crippen LogP contribution in [0, 0.1) is 0 Å². The van der Waals surface area contributed by atoms with Crippen molar-refractivity contribution in [1.29, 1.82) is 0 Å². The van der Waals surface area contributed by atoms with E-state index in [2.05, 4.69) is 0 Å². The summed E-state index contributed by atoms with van der Waals surface area (Å²) in [5, 5.41) is 9.08. The standard InChI is InChI=1S/C13H15NO5S2/c1-21(18,19)7-9-2-4-10(5-3-9)12(15)14-8-20-6-11(14)13(16)17/h2-5,11H,6-8H2,1H3,(H,16,17)/t11-/m0/s1. The molecule has 1 aromatic carbocycles. The molecule has 21 heavy (non-hydrogen) atoms. The summed E-state index contributed by atoms with van der Waals surface area (Å²) in [4.78, 5) is 24.7. The summed E-state index contributed by atoms with van der Waals surface area (Å²) in [6.45, 7) is 0. The summed E-state index contributed by atoms with van der Waals surface area (Å²) in [5.41, 5.74) is 0.959. The lowest BCUT2D eigenvalue weighted by atomic mass is 10.1. The summed E-state index contributed by atoms with van der Waals surface area (Å²) in [5.74, 6) is -0.715. The molecule has 0 radical (unpaired) electrons. The first-order valence-corrected chi connectivity index (χ1v) is 9.37. The Morgan fingerprint density at radius 3 is 2.48 bits per heavy atom. The lowest BCUT2D eigenvalue weighted by Gasteiger charge is -2.20. The van der Waals surface area contributed by atoms with E-state index >= 15 is 0 Å². The Hall–Kier alpha value is -1.54. The molecule has 1 aliphatic heterocycles. The van der Waals surface area contributed by atoms with Crippen molar-refractivity contribution in [2.75, 3.05) is 17.9 Å². The molecular formula is C13H15NO5S2. The first-order chi connectivity index (χ1) is 9.78. The van der Waals surface area contributed by atoms with Gasteiger partial charge in [-0.2, -0.15) is 0 Å². The van der Waals surface area contributed by atoms with Gasteiger partial charge in [0.1, 0.15) is 6.04 Å². The van der Waals surface area contributed by atoms with Gasteiger partial charge in [0.2, 0.25) is 0 Å². The Kier molecular flexibility index (Phi) is 4.58. The first-order valence-electron chi connectivity index (χ1n) is 6.16. The molecule has 1 amide bonds. The predicted octanol–water partition coefficient (Wildman–Crippen LogP) is 0.831. The lowest BCUT2D eigenvalue weighted by molar-refractivity contribution is -0.140. The van der Waals surface area contributed by atoms with Gasteiger partial charge in [-0.15, -0.1) is 11.8 Å². The molecule has 6 nitrogen and oxygen atoms in total. The van der Waals surface area contributed by atoms with E-state index < -0.39 is 21.8 Å². The Morgan fingerprint density at radius 1 is 1.33 bits per heavy atom. The van der Waals surface area contributed by atoms with Crippen LogP contribution >= 0.6 is 11.8 Å². The third-order valence-electron chi connectivity index (χ3n) is 3.06. The van der Waals surface area contributed by atoms with Crippen molar-refractivity contribution in [2.45, 2.75) is 11.8 Å². The molecule has 1 fully saturated rings. The maximum Gasteiger partial charge on any atom is 0.327 e. The van der Waals surface area contributed by atoms with Gasteiger partial charge in [-0.3, -0.25) is 4.79 Å². The van der Waals surface area contributed by atoms with Crippen LogP contribution in [0.1, 0.15) is 15.9 Å². The number of hydrogen-bond acceptors (Lipinski definition) is 5. The largest absolute Gasteiger partial charge is 0.480 e. The smallest absolute Gasteiger partial charge is 0.327 e. The van der Waals surface area contributed by atoms with E-state index in [4.69, 9.17) is 5.11 Å². The molecule has 0 aromatic heterocycles. The van der Waals surface area contributed by atoms with Gasteiger partial charge in [0.05, 0.1) is 11.6 Å². The Morgan fingerprint density at radius 2 is 1.95 bits per heavy atom. The number of nitrogens with zero attached hydrogens (tertiary/aromatic N) is 1. The van der Waals surface area contributed by atoms with E-state index in [0.717, 1.165) is 6.26 Å². The number of aliphatic carboxylic acids is 1. The molecule has 2 rings (SSSR count). The van der Waals surface area contributed by atoms with Crippen LogP contribution in [-0.4, -0.2) is 54.2 Å². The van der Waals surface area contributed by atoms with Gasteiger partial charge >= 0.3 is 5.97 Å². The second kappa shape index (κ2) is 6.07. The Labute approximate surface area is 127 Å². The summed E-state index contributed by atoms with van der Waals surface area (Å²) < 4.78 is 22.4. The molecular weight excluding hydrogens is 314 g/mol. The van der Waals surface area contributed by atoms with Crippen LogP contribution in [0.25, 0.3) is 0 Å². The van der Waals surface area contributed by atoms with Crippen molar-refractivity contribution in [3.05, 3.63) is 35.4 Å². The highest BCUT2D eigenvalue weighted by Crippen LogP contribution is 2.23. The Bertz CT molecular complexity index is 654. The van der Waals surface area contributed by atoms with Crippen molar-refractivity contribution in [2.24, 2.45) is 0 Å². The fourth-order valence-electron chi connectivity index (χ4n) is 2.06. The molecule has 0 aliphatic carbocycles. The highest BCUT2D eigenvalue weighted by atomic mass is 32.2. The van der Waals surface area contributed by atoms with Crippen molar-refractivity contribution < 1.29 is 23.1 Å². The van der Waals surface area contributed by atoms with Crippen molar-refractivity contribution >= 4 is 33.5 Å². The molecule has 1 heterocycles. The molecule has 1 saturated heterocycles. The third-order valence-corrected chi connectivity index (χ3v) is 4.93. The summed E-state index contributed by atoms with van der Waals surface area (Å²) in [6.07, 6.45) is 1.14. The predicted molar refractivity (Wildman–Crippen MR) is 79.9 cm³/mol. The number of rotatable bonds is 4. The number of sulfone groups is 1. The van der Waals surface area contributed by atoms with E-state index in [1.165, 1.54) is 28.8 Å². The minimum Gasteiger partial charge on any atom is -0.480 e. The van der Waals surface area contributed by atoms with Crippen molar-refractivity contribution in [3.63, 3.8) is 0 Å². The van der Waals surface area contributed by atoms with Crippen LogP contribution in [0.3, 0.4) is 0 Å². The van der Waals surface area contributed by atoms with E-state index in [1.807, 2.05) is 0 Å². The van der Waals surface area contributed by atoms with Crippen LogP contribution in [0.2, 0.25) is 0 Å². The van der Waals surface area contributed by atoms with Crippen LogP contribution in [0.5, 0.6) is 0 Å². The number of carboxylic acids is 1. The molecule has 1 atom stereocenters. The molecule has 0 spiro atoms. The highest BCUT2D eigenvalue weighted by molar-refractivity contribution is 7.99. The molecule has 1 N–H and O–H groups in total. The lowest BCUT2D eigenvalue weighted by Crippen LogP contribution is -2.41. The number of thioether (sulfide) groups is 1. The zero-order valence-electron chi connectivity index (χ0n) is 11.4. The topological polar surface area (TPSA) is 91.8 Å². The molecule has 1 aromatic rings. The fraction of sp³-hybridized carbons (Fsp3) is 0.385. The zero-order valence-corrected chi connectivity index (χ0v) is 13.0. The zero-order chi connectivity index (χ0) is 15.6. The highest BCUT2D eigenvalue weighted by Gasteiger charge is 2.34. The van der Waals surface area contributed by atoms with Gasteiger partial charge in [-0.25, -0.2) is 13.2 Å². The van der Waals surface area contributed by atoms with Crippen LogP contribution in [0.15, 0.2) is 24.3 Å². The molecule has 0 bridgehead atoms. The van der Waals surface area contributed by atoms with Gasteiger partial charge in [0.15, 0.2) is 9.84 Å². The van der Waals surface area contributed by atoms with Crippen LogP contribution in [0.4, 0.5) is 0 Å². The Balaban J connectivity index is 2.15. The molecule has 1 aliphatic rings. The van der Waals surface area contributed by atoms with E-state index in [1.54, 1.807) is 12.1 Å². The average molecular weight is 329 g/mol. The van der Waals surface area contributed by atoms with Gasteiger partial charge in [0, 0.05) is 17.6 Å². The number of carbonyl (C=O) groups is 2. The van der Waals surface area contributed by atoms with E-state index in [0.29, 0.717) is 22.8 Å². The summed E-state index contributed by atoms with van der Waals surface area (Å²) >= 11 is 1.40. The number of carbonyl (C=O) groups excluding carboxylic acids is 1.